The normalized spacial score (nSPS) is 18.9. The topological polar surface area (TPSA) is 48.1 Å². The van der Waals surface area contributed by atoms with Gasteiger partial charge in [0.15, 0.2) is 0 Å². The molecule has 0 radical (unpaired) electrons. The van der Waals surface area contributed by atoms with E-state index in [1.54, 1.807) is 0 Å². The Bertz CT molecular complexity index is 861. The van der Waals surface area contributed by atoms with E-state index in [0.29, 0.717) is 11.0 Å². The van der Waals surface area contributed by atoms with Crippen LogP contribution < -0.4 is 15.8 Å². The van der Waals surface area contributed by atoms with Crippen LogP contribution in [0.2, 0.25) is 0 Å². The van der Waals surface area contributed by atoms with E-state index in [-0.39, 0.29) is 5.56 Å². The number of H-pyrrole nitrogens is 1. The van der Waals surface area contributed by atoms with Crippen LogP contribution in [0.3, 0.4) is 0 Å². The maximum absolute atomic E-state index is 12.4. The van der Waals surface area contributed by atoms with Gasteiger partial charge in [-0.2, -0.15) is 0 Å². The lowest BCUT2D eigenvalue weighted by atomic mass is 9.92. The molecule has 4 heteroatoms. The second kappa shape index (κ2) is 5.06. The number of fused-ring (bicyclic) bond motifs is 1. The van der Waals surface area contributed by atoms with Crippen molar-refractivity contribution in [1.82, 2.24) is 4.98 Å². The molecule has 2 aliphatic rings. The van der Waals surface area contributed by atoms with Gasteiger partial charge in [-0.05, 0) is 49.3 Å². The van der Waals surface area contributed by atoms with Crippen molar-refractivity contribution in [2.45, 2.75) is 25.7 Å². The fourth-order valence-corrected chi connectivity index (χ4v) is 3.78. The number of terminal acetylenes is 1. The Morgan fingerprint density at radius 1 is 1.26 bits per heavy atom. The predicted octanol–water partition coefficient (Wildman–Crippen LogP) is 2.93. The Hall–Kier alpha value is -2.41. The molecule has 1 aliphatic heterocycles. The molecular weight excluding hydrogens is 286 g/mol. The molecule has 2 aromatic rings. The quantitative estimate of drug-likeness (QED) is 0.839. The van der Waals surface area contributed by atoms with E-state index in [4.69, 9.17) is 6.42 Å². The van der Waals surface area contributed by atoms with Gasteiger partial charge in [0, 0.05) is 31.2 Å². The number of nitrogens with one attached hydrogen (secondary N) is 2. The minimum atomic E-state index is -0.168. The number of hydrogen-bond acceptors (Lipinski definition) is 3. The summed E-state index contributed by atoms with van der Waals surface area (Å²) in [6.45, 7) is 1.97. The summed E-state index contributed by atoms with van der Waals surface area (Å²) in [5, 5.41) is 4.19. The smallest absolute Gasteiger partial charge is 0.266 e. The summed E-state index contributed by atoms with van der Waals surface area (Å²) >= 11 is 0. The van der Waals surface area contributed by atoms with E-state index in [2.05, 4.69) is 27.2 Å². The first-order valence-electron chi connectivity index (χ1n) is 8.25. The molecule has 118 valence electrons. The Morgan fingerprint density at radius 3 is 2.61 bits per heavy atom. The number of benzene rings is 1. The predicted molar refractivity (Wildman–Crippen MR) is 95.2 cm³/mol. The van der Waals surface area contributed by atoms with Crippen molar-refractivity contribution in [2.75, 3.05) is 30.4 Å². The third-order valence-corrected chi connectivity index (χ3v) is 5.52. The Kier molecular flexibility index (Phi) is 3.12. The molecule has 1 aliphatic carbocycles. The van der Waals surface area contributed by atoms with Gasteiger partial charge in [-0.25, -0.2) is 0 Å². The lowest BCUT2D eigenvalue weighted by molar-refractivity contribution is 0.385. The maximum Gasteiger partial charge on any atom is 0.266 e. The Labute approximate surface area is 135 Å². The van der Waals surface area contributed by atoms with Gasteiger partial charge in [0.05, 0.1) is 11.2 Å². The van der Waals surface area contributed by atoms with Crippen molar-refractivity contribution >= 4 is 22.3 Å². The van der Waals surface area contributed by atoms with Crippen molar-refractivity contribution in [3.8, 4) is 12.3 Å². The summed E-state index contributed by atoms with van der Waals surface area (Å²) in [6, 6.07) is 5.98. The van der Waals surface area contributed by atoms with Crippen LogP contribution in [0.15, 0.2) is 23.0 Å². The van der Waals surface area contributed by atoms with Gasteiger partial charge in [0.1, 0.15) is 5.56 Å². The minimum absolute atomic E-state index is 0.168. The molecule has 1 aromatic carbocycles. The Balaban J connectivity index is 1.88. The van der Waals surface area contributed by atoms with E-state index in [1.807, 2.05) is 19.2 Å². The average Bonchev–Trinajstić information content (AvgIpc) is 3.33. The van der Waals surface area contributed by atoms with Crippen LogP contribution in [0, 0.1) is 17.8 Å². The van der Waals surface area contributed by atoms with Gasteiger partial charge in [-0.3, -0.25) is 4.79 Å². The lowest BCUT2D eigenvalue weighted by Gasteiger charge is -2.35. The first-order chi connectivity index (χ1) is 11.2. The highest BCUT2D eigenvalue weighted by Gasteiger charge is 2.44. The van der Waals surface area contributed by atoms with Crippen molar-refractivity contribution in [3.63, 3.8) is 0 Å². The van der Waals surface area contributed by atoms with E-state index in [0.717, 1.165) is 35.4 Å². The van der Waals surface area contributed by atoms with Gasteiger partial charge in [0.25, 0.3) is 5.56 Å². The average molecular weight is 307 g/mol. The molecule has 0 bridgehead atoms. The molecule has 4 nitrogen and oxygen atoms in total. The van der Waals surface area contributed by atoms with E-state index in [9.17, 15) is 4.79 Å². The molecule has 4 rings (SSSR count). The monoisotopic (exact) mass is 307 g/mol. The summed E-state index contributed by atoms with van der Waals surface area (Å²) in [5.41, 5.74) is 3.68. The van der Waals surface area contributed by atoms with Gasteiger partial charge < -0.3 is 15.2 Å². The number of aromatic nitrogens is 1. The lowest BCUT2D eigenvalue weighted by Crippen LogP contribution is -2.36. The molecule has 2 N–H and O–H groups in total. The van der Waals surface area contributed by atoms with Crippen LogP contribution in [0.25, 0.3) is 10.9 Å². The zero-order chi connectivity index (χ0) is 16.0. The number of aromatic amines is 1. The van der Waals surface area contributed by atoms with Crippen molar-refractivity contribution in [1.29, 1.82) is 0 Å². The number of pyridine rings is 1. The molecule has 1 saturated heterocycles. The summed E-state index contributed by atoms with van der Waals surface area (Å²) in [4.78, 5) is 17.6. The van der Waals surface area contributed by atoms with Gasteiger partial charge in [0.2, 0.25) is 0 Å². The van der Waals surface area contributed by atoms with Crippen LogP contribution in [0.1, 0.15) is 31.2 Å². The van der Waals surface area contributed by atoms with Crippen molar-refractivity contribution in [3.05, 3.63) is 34.1 Å². The number of nitrogens with zero attached hydrogens (tertiary/aromatic N) is 1. The van der Waals surface area contributed by atoms with Crippen LogP contribution >= 0.6 is 0 Å². The fourth-order valence-electron chi connectivity index (χ4n) is 3.78. The molecular formula is C19H21N3O. The number of anilines is 2. The molecule has 23 heavy (non-hydrogen) atoms. The summed E-state index contributed by atoms with van der Waals surface area (Å²) in [5.74, 6) is 2.62. The van der Waals surface area contributed by atoms with Crippen LogP contribution in [0.5, 0.6) is 0 Å². The molecule has 2 heterocycles. The molecule has 1 aromatic heterocycles. The van der Waals surface area contributed by atoms with Gasteiger partial charge in [-0.15, -0.1) is 6.42 Å². The first kappa shape index (κ1) is 14.2. The minimum Gasteiger partial charge on any atom is -0.388 e. The van der Waals surface area contributed by atoms with E-state index >= 15 is 0 Å². The zero-order valence-electron chi connectivity index (χ0n) is 13.4. The van der Waals surface area contributed by atoms with Crippen LogP contribution in [-0.2, 0) is 0 Å². The third kappa shape index (κ3) is 2.28. The Morgan fingerprint density at radius 2 is 2.00 bits per heavy atom. The molecule has 0 atom stereocenters. The number of hydrogen-bond donors (Lipinski definition) is 2. The molecule has 1 spiro atoms. The molecule has 0 unspecified atom stereocenters. The molecule has 0 amide bonds. The zero-order valence-corrected chi connectivity index (χ0v) is 13.4. The first-order valence-corrected chi connectivity index (χ1v) is 8.25. The summed E-state index contributed by atoms with van der Waals surface area (Å²) in [7, 11) is 1.90. The van der Waals surface area contributed by atoms with Gasteiger partial charge in [-0.1, -0.05) is 5.92 Å². The molecule has 2 fully saturated rings. The van der Waals surface area contributed by atoms with Crippen molar-refractivity contribution < 1.29 is 0 Å². The number of piperidine rings is 1. The van der Waals surface area contributed by atoms with Crippen LogP contribution in [0.4, 0.5) is 11.4 Å². The van der Waals surface area contributed by atoms with Crippen molar-refractivity contribution in [2.24, 2.45) is 5.41 Å². The van der Waals surface area contributed by atoms with Crippen LogP contribution in [-0.4, -0.2) is 25.1 Å². The number of rotatable bonds is 2. The molecule has 1 saturated carbocycles. The van der Waals surface area contributed by atoms with Gasteiger partial charge >= 0.3 is 0 Å². The SMILES string of the molecule is C#Cc1c(N2CCC3(CC2)CC3)c2cc(NC)ccc2[nH]c1=O. The second-order valence-corrected chi connectivity index (χ2v) is 6.82. The summed E-state index contributed by atoms with van der Waals surface area (Å²) < 4.78 is 0. The van der Waals surface area contributed by atoms with E-state index in [1.165, 1.54) is 25.7 Å². The summed E-state index contributed by atoms with van der Waals surface area (Å²) in [6.07, 6.45) is 10.8. The van der Waals surface area contributed by atoms with E-state index < -0.39 is 0 Å². The third-order valence-electron chi connectivity index (χ3n) is 5.52. The standard InChI is InChI=1S/C19H21N3O/c1-3-14-17(22-10-8-19(6-7-19)9-11-22)15-12-13(20-2)4-5-16(15)21-18(14)23/h1,4-5,12,20H,6-11H2,2H3,(H,21,23). The highest BCUT2D eigenvalue weighted by molar-refractivity contribution is 5.96. The second-order valence-electron chi connectivity index (χ2n) is 6.82. The largest absolute Gasteiger partial charge is 0.388 e. The highest BCUT2D eigenvalue weighted by atomic mass is 16.1. The fraction of sp³-hybridized carbons (Fsp3) is 0.421. The maximum atomic E-state index is 12.4. The highest BCUT2D eigenvalue weighted by Crippen LogP contribution is 2.54.